The maximum atomic E-state index is 12.5. The fraction of sp³-hybridized carbons (Fsp3) is 0.429. The monoisotopic (exact) mass is 384 g/mol. The molecule has 2 heterocycles. The van der Waals surface area contributed by atoms with E-state index in [9.17, 15) is 9.59 Å². The average molecular weight is 385 g/mol. The third-order valence-corrected chi connectivity index (χ3v) is 6.29. The molecule has 142 valence electrons. The lowest BCUT2D eigenvalue weighted by atomic mass is 10.1. The number of benzene rings is 1. The van der Waals surface area contributed by atoms with Gasteiger partial charge in [0.2, 0.25) is 0 Å². The van der Waals surface area contributed by atoms with Crippen LogP contribution in [0.25, 0.3) is 0 Å². The van der Waals surface area contributed by atoms with Crippen LogP contribution < -0.4 is 4.74 Å². The van der Waals surface area contributed by atoms with E-state index in [0.29, 0.717) is 26.2 Å². The Hall–Kier alpha value is -2.34. The number of ether oxygens (including phenoxy) is 1. The summed E-state index contributed by atoms with van der Waals surface area (Å²) in [5.41, 5.74) is 2.74. The van der Waals surface area contributed by atoms with Gasteiger partial charge in [0.1, 0.15) is 5.75 Å². The predicted molar refractivity (Wildman–Crippen MR) is 106 cm³/mol. The molecule has 1 saturated heterocycles. The number of carbonyl (C=O) groups excluding carboxylic acids is 2. The summed E-state index contributed by atoms with van der Waals surface area (Å²) in [6.07, 6.45) is 3.44. The Morgan fingerprint density at radius 1 is 1.00 bits per heavy atom. The van der Waals surface area contributed by atoms with E-state index >= 15 is 0 Å². The normalized spacial score (nSPS) is 16.3. The lowest BCUT2D eigenvalue weighted by Crippen LogP contribution is -2.51. The highest BCUT2D eigenvalue weighted by Crippen LogP contribution is 2.26. The van der Waals surface area contributed by atoms with Crippen LogP contribution in [0, 0.1) is 6.92 Å². The zero-order valence-electron chi connectivity index (χ0n) is 15.6. The fourth-order valence-electron chi connectivity index (χ4n) is 3.74. The van der Waals surface area contributed by atoms with Gasteiger partial charge < -0.3 is 14.5 Å². The van der Waals surface area contributed by atoms with Gasteiger partial charge in [-0.15, -0.1) is 11.3 Å². The summed E-state index contributed by atoms with van der Waals surface area (Å²) in [6.45, 7) is 4.31. The molecule has 1 aliphatic carbocycles. The van der Waals surface area contributed by atoms with E-state index in [1.807, 2.05) is 30.0 Å². The van der Waals surface area contributed by atoms with Crippen molar-refractivity contribution in [1.82, 2.24) is 9.80 Å². The number of hydrogen-bond acceptors (Lipinski definition) is 4. The van der Waals surface area contributed by atoms with Crippen LogP contribution in [-0.4, -0.2) is 54.4 Å². The molecule has 6 heteroatoms. The highest BCUT2D eigenvalue weighted by atomic mass is 32.1. The van der Waals surface area contributed by atoms with Gasteiger partial charge in [-0.2, -0.15) is 0 Å². The van der Waals surface area contributed by atoms with E-state index in [2.05, 4.69) is 12.1 Å². The Balaban J connectivity index is 1.26. The standard InChI is InChI=1S/C21H24N2O3S/c1-15-5-8-19(27-15)21(25)23-11-9-22(10-12-23)20(24)14-26-18-7-6-16-3-2-4-17(16)13-18/h5-8,13H,2-4,9-12,14H2,1H3. The highest BCUT2D eigenvalue weighted by Gasteiger charge is 2.25. The number of rotatable bonds is 4. The molecule has 0 bridgehead atoms. The fourth-order valence-corrected chi connectivity index (χ4v) is 4.57. The Bertz CT molecular complexity index is 853. The molecule has 0 N–H and O–H groups in total. The topological polar surface area (TPSA) is 49.9 Å². The minimum Gasteiger partial charge on any atom is -0.484 e. The summed E-state index contributed by atoms with van der Waals surface area (Å²) < 4.78 is 5.72. The van der Waals surface area contributed by atoms with Crippen molar-refractivity contribution in [3.05, 3.63) is 51.2 Å². The maximum absolute atomic E-state index is 12.5. The van der Waals surface area contributed by atoms with Gasteiger partial charge in [0.15, 0.2) is 6.61 Å². The van der Waals surface area contributed by atoms with E-state index in [1.54, 1.807) is 4.90 Å². The van der Waals surface area contributed by atoms with Gasteiger partial charge in [0, 0.05) is 31.1 Å². The summed E-state index contributed by atoms with van der Waals surface area (Å²) in [4.78, 5) is 30.5. The van der Waals surface area contributed by atoms with E-state index in [0.717, 1.165) is 28.3 Å². The lowest BCUT2D eigenvalue weighted by Gasteiger charge is -2.34. The molecule has 1 fully saturated rings. The maximum Gasteiger partial charge on any atom is 0.264 e. The van der Waals surface area contributed by atoms with Crippen LogP contribution in [0.3, 0.4) is 0 Å². The van der Waals surface area contributed by atoms with Crippen LogP contribution in [0.5, 0.6) is 5.75 Å². The molecule has 2 aliphatic rings. The molecule has 0 spiro atoms. The Morgan fingerprint density at radius 2 is 1.74 bits per heavy atom. The molecule has 5 nitrogen and oxygen atoms in total. The van der Waals surface area contributed by atoms with Gasteiger partial charge in [0.05, 0.1) is 4.88 Å². The SMILES string of the molecule is Cc1ccc(C(=O)N2CCN(C(=O)COc3ccc4c(c3)CCC4)CC2)s1. The Kier molecular flexibility index (Phi) is 5.16. The van der Waals surface area contributed by atoms with E-state index < -0.39 is 0 Å². The quantitative estimate of drug-likeness (QED) is 0.814. The van der Waals surface area contributed by atoms with Crippen molar-refractivity contribution in [3.8, 4) is 5.75 Å². The van der Waals surface area contributed by atoms with Gasteiger partial charge in [-0.25, -0.2) is 0 Å². The second kappa shape index (κ2) is 7.72. The van der Waals surface area contributed by atoms with Crippen LogP contribution in [0.1, 0.15) is 32.1 Å². The van der Waals surface area contributed by atoms with Gasteiger partial charge in [-0.1, -0.05) is 6.07 Å². The molecule has 0 unspecified atom stereocenters. The average Bonchev–Trinajstić information content (AvgIpc) is 3.34. The molecule has 1 aromatic heterocycles. The van der Waals surface area contributed by atoms with Gasteiger partial charge >= 0.3 is 0 Å². The molecular weight excluding hydrogens is 360 g/mol. The molecular formula is C21H24N2O3S. The highest BCUT2D eigenvalue weighted by molar-refractivity contribution is 7.13. The molecule has 27 heavy (non-hydrogen) atoms. The number of fused-ring (bicyclic) bond motifs is 1. The van der Waals surface area contributed by atoms with Gasteiger partial charge in [-0.3, -0.25) is 9.59 Å². The van der Waals surface area contributed by atoms with Crippen molar-refractivity contribution >= 4 is 23.2 Å². The molecule has 1 aliphatic heterocycles. The first-order chi connectivity index (χ1) is 13.1. The van der Waals surface area contributed by atoms with E-state index in [1.165, 1.54) is 28.9 Å². The van der Waals surface area contributed by atoms with Gasteiger partial charge in [0.25, 0.3) is 11.8 Å². The van der Waals surface area contributed by atoms with Crippen LogP contribution in [0.15, 0.2) is 30.3 Å². The third kappa shape index (κ3) is 4.00. The van der Waals surface area contributed by atoms with E-state index in [-0.39, 0.29) is 18.4 Å². The largest absolute Gasteiger partial charge is 0.484 e. The number of hydrogen-bond donors (Lipinski definition) is 0. The molecule has 2 aromatic rings. The van der Waals surface area contributed by atoms with Crippen LogP contribution in [0.2, 0.25) is 0 Å². The van der Waals surface area contributed by atoms with Gasteiger partial charge in [-0.05, 0) is 61.6 Å². The number of amides is 2. The summed E-state index contributed by atoms with van der Waals surface area (Å²) in [5, 5.41) is 0. The molecule has 0 atom stereocenters. The number of carbonyl (C=O) groups is 2. The minimum absolute atomic E-state index is 0.0189. The molecule has 1 aromatic carbocycles. The van der Waals surface area contributed by atoms with Crippen molar-refractivity contribution in [2.45, 2.75) is 26.2 Å². The second-order valence-corrected chi connectivity index (χ2v) is 8.44. The smallest absolute Gasteiger partial charge is 0.264 e. The second-order valence-electron chi connectivity index (χ2n) is 7.16. The van der Waals surface area contributed by atoms with E-state index in [4.69, 9.17) is 4.74 Å². The minimum atomic E-state index is -0.0189. The first kappa shape index (κ1) is 18.0. The summed E-state index contributed by atoms with van der Waals surface area (Å²) in [7, 11) is 0. The van der Waals surface area contributed by atoms with Crippen molar-refractivity contribution < 1.29 is 14.3 Å². The van der Waals surface area contributed by atoms with Crippen LogP contribution in [-0.2, 0) is 17.6 Å². The zero-order valence-corrected chi connectivity index (χ0v) is 16.4. The van der Waals surface area contributed by atoms with Crippen molar-refractivity contribution in [1.29, 1.82) is 0 Å². The Morgan fingerprint density at radius 3 is 2.48 bits per heavy atom. The van der Waals surface area contributed by atoms with Crippen molar-refractivity contribution in [2.75, 3.05) is 32.8 Å². The zero-order chi connectivity index (χ0) is 18.8. The predicted octanol–water partition coefficient (Wildman–Crippen LogP) is 2.91. The third-order valence-electron chi connectivity index (χ3n) is 5.30. The van der Waals surface area contributed by atoms with Crippen molar-refractivity contribution in [2.24, 2.45) is 0 Å². The first-order valence-electron chi connectivity index (χ1n) is 9.48. The molecule has 2 amide bonds. The first-order valence-corrected chi connectivity index (χ1v) is 10.3. The number of nitrogens with zero attached hydrogens (tertiary/aromatic N) is 2. The van der Waals surface area contributed by atoms with Crippen LogP contribution in [0.4, 0.5) is 0 Å². The summed E-state index contributed by atoms with van der Waals surface area (Å²) in [6, 6.07) is 9.98. The summed E-state index contributed by atoms with van der Waals surface area (Å²) >= 11 is 1.52. The molecule has 0 radical (unpaired) electrons. The molecule has 0 saturated carbocycles. The molecule has 4 rings (SSSR count). The Labute approximate surface area is 163 Å². The number of thiophene rings is 1. The van der Waals surface area contributed by atoms with Crippen molar-refractivity contribution in [3.63, 3.8) is 0 Å². The van der Waals surface area contributed by atoms with Crippen LogP contribution >= 0.6 is 11.3 Å². The number of aryl methyl sites for hydroxylation is 3. The summed E-state index contributed by atoms with van der Waals surface area (Å²) in [5.74, 6) is 0.815. The lowest BCUT2D eigenvalue weighted by molar-refractivity contribution is -0.134. The number of piperazine rings is 1.